The van der Waals surface area contributed by atoms with Crippen molar-refractivity contribution in [3.05, 3.63) is 54.1 Å². The van der Waals surface area contributed by atoms with E-state index in [1.807, 2.05) is 18.2 Å². The number of halogens is 3. The molecule has 2 aromatic heterocycles. The number of piperidine rings is 1. The molecule has 1 unspecified atom stereocenters. The van der Waals surface area contributed by atoms with Gasteiger partial charge in [-0.25, -0.2) is 0 Å². The number of pyridine rings is 2. The molecule has 0 radical (unpaired) electrons. The Bertz CT molecular complexity index is 914. The Kier molecular flexibility index (Phi) is 5.98. The van der Waals surface area contributed by atoms with Gasteiger partial charge in [0.05, 0.1) is 29.6 Å². The summed E-state index contributed by atoms with van der Waals surface area (Å²) in [7, 11) is 0. The fraction of sp³-hybridized carbons (Fsp3) is 0.500. The van der Waals surface area contributed by atoms with Crippen molar-refractivity contribution in [1.29, 1.82) is 0 Å². The van der Waals surface area contributed by atoms with Gasteiger partial charge in [-0.05, 0) is 38.0 Å². The van der Waals surface area contributed by atoms with Crippen LogP contribution in [0.15, 0.2) is 42.9 Å². The van der Waals surface area contributed by atoms with E-state index in [0.717, 1.165) is 50.2 Å². The van der Waals surface area contributed by atoms with Crippen LogP contribution in [0.3, 0.4) is 0 Å². The zero-order chi connectivity index (χ0) is 22.1. The van der Waals surface area contributed by atoms with Crippen LogP contribution in [0.1, 0.15) is 31.0 Å². The number of nitrogens with zero attached hydrogens (tertiary/aromatic N) is 4. The van der Waals surface area contributed by atoms with Crippen LogP contribution in [0.25, 0.3) is 0 Å². The molecular formula is C22H25F3N4O2. The highest BCUT2D eigenvalue weighted by atomic mass is 19.4. The summed E-state index contributed by atoms with van der Waals surface area (Å²) in [4.78, 5) is 24.5. The monoisotopic (exact) mass is 434 g/mol. The molecule has 1 atom stereocenters. The van der Waals surface area contributed by atoms with Crippen LogP contribution in [-0.4, -0.2) is 58.7 Å². The van der Waals surface area contributed by atoms with E-state index in [4.69, 9.17) is 4.74 Å². The molecule has 2 fully saturated rings. The van der Waals surface area contributed by atoms with E-state index in [0.29, 0.717) is 12.8 Å². The van der Waals surface area contributed by atoms with E-state index >= 15 is 0 Å². The van der Waals surface area contributed by atoms with Gasteiger partial charge in [-0.15, -0.1) is 0 Å². The van der Waals surface area contributed by atoms with E-state index < -0.39 is 29.4 Å². The second-order valence-electron chi connectivity index (χ2n) is 8.17. The van der Waals surface area contributed by atoms with Crippen LogP contribution in [0.4, 0.5) is 18.9 Å². The van der Waals surface area contributed by atoms with E-state index in [2.05, 4.69) is 14.9 Å². The smallest absolute Gasteiger partial charge is 0.360 e. The van der Waals surface area contributed by atoms with E-state index in [-0.39, 0.29) is 12.2 Å². The van der Waals surface area contributed by atoms with Gasteiger partial charge in [0.25, 0.3) is 5.91 Å². The number of alkyl halides is 3. The van der Waals surface area contributed by atoms with Crippen molar-refractivity contribution in [2.24, 2.45) is 0 Å². The summed E-state index contributed by atoms with van der Waals surface area (Å²) in [6.07, 6.45) is 0.732. The minimum Gasteiger partial charge on any atom is -0.360 e. The molecule has 0 bridgehead atoms. The number of hydrogen-bond donors (Lipinski definition) is 0. The molecular weight excluding hydrogens is 409 g/mol. The second-order valence-corrected chi connectivity index (χ2v) is 8.17. The van der Waals surface area contributed by atoms with Crippen LogP contribution < -0.4 is 4.90 Å². The number of carbonyl (C=O) groups is 1. The topological polar surface area (TPSA) is 58.6 Å². The molecule has 2 saturated heterocycles. The predicted molar refractivity (Wildman–Crippen MR) is 108 cm³/mol. The summed E-state index contributed by atoms with van der Waals surface area (Å²) in [5.74, 6) is -0.471. The molecule has 2 aliphatic rings. The number of carbonyl (C=O) groups excluding carboxylic acids is 1. The fourth-order valence-corrected chi connectivity index (χ4v) is 4.37. The molecule has 0 N–H and O–H groups in total. The van der Waals surface area contributed by atoms with Crippen molar-refractivity contribution in [3.63, 3.8) is 0 Å². The standard InChI is InChI=1S/C22H25F3N4O2/c1-16-20(30)29(19-14-26-10-5-18(19)22(23,24)25)15-21(31-16)7-12-28(13-8-21)11-6-17-4-2-3-9-27-17/h2-5,9-10,14,16H,6-8,11-13,15H2,1H3. The molecule has 2 aromatic rings. The summed E-state index contributed by atoms with van der Waals surface area (Å²) in [5, 5.41) is 0. The van der Waals surface area contributed by atoms with Crippen LogP contribution in [0.5, 0.6) is 0 Å². The van der Waals surface area contributed by atoms with E-state index in [9.17, 15) is 18.0 Å². The lowest BCUT2D eigenvalue weighted by molar-refractivity contribution is -0.162. The Morgan fingerprint density at radius 1 is 1.19 bits per heavy atom. The Morgan fingerprint density at radius 2 is 1.97 bits per heavy atom. The van der Waals surface area contributed by atoms with Crippen LogP contribution >= 0.6 is 0 Å². The first-order chi connectivity index (χ1) is 14.8. The number of hydrogen-bond acceptors (Lipinski definition) is 5. The van der Waals surface area contributed by atoms with Gasteiger partial charge < -0.3 is 14.5 Å². The second kappa shape index (κ2) is 8.55. The highest BCUT2D eigenvalue weighted by molar-refractivity contribution is 5.97. The zero-order valence-corrected chi connectivity index (χ0v) is 17.3. The molecule has 1 amide bonds. The summed E-state index contributed by atoms with van der Waals surface area (Å²) in [5.41, 5.74) is -0.688. The van der Waals surface area contributed by atoms with Crippen molar-refractivity contribution in [3.8, 4) is 0 Å². The summed E-state index contributed by atoms with van der Waals surface area (Å²) < 4.78 is 46.7. The molecule has 166 valence electrons. The van der Waals surface area contributed by atoms with Crippen molar-refractivity contribution in [1.82, 2.24) is 14.9 Å². The largest absolute Gasteiger partial charge is 0.418 e. The number of amides is 1. The first-order valence-corrected chi connectivity index (χ1v) is 10.4. The summed E-state index contributed by atoms with van der Waals surface area (Å²) >= 11 is 0. The molecule has 4 rings (SSSR count). The van der Waals surface area contributed by atoms with Gasteiger partial charge in [0.1, 0.15) is 6.10 Å². The van der Waals surface area contributed by atoms with Gasteiger partial charge in [0.15, 0.2) is 0 Å². The maximum absolute atomic E-state index is 13.5. The van der Waals surface area contributed by atoms with Gasteiger partial charge in [-0.1, -0.05) is 6.07 Å². The van der Waals surface area contributed by atoms with Crippen LogP contribution in [0, 0.1) is 0 Å². The Hall–Kier alpha value is -2.52. The maximum Gasteiger partial charge on any atom is 0.418 e. The van der Waals surface area contributed by atoms with E-state index in [1.165, 1.54) is 4.90 Å². The van der Waals surface area contributed by atoms with Crippen molar-refractivity contribution >= 4 is 11.6 Å². The lowest BCUT2D eigenvalue weighted by Crippen LogP contribution is -2.62. The SMILES string of the molecule is CC1OC2(CCN(CCc3ccccn3)CC2)CN(c2cnccc2C(F)(F)F)C1=O. The predicted octanol–water partition coefficient (Wildman–Crippen LogP) is 3.32. The molecule has 31 heavy (non-hydrogen) atoms. The lowest BCUT2D eigenvalue weighted by Gasteiger charge is -2.49. The third kappa shape index (κ3) is 4.72. The van der Waals surface area contributed by atoms with Crippen LogP contribution in [-0.2, 0) is 22.1 Å². The van der Waals surface area contributed by atoms with Gasteiger partial charge in [-0.3, -0.25) is 14.8 Å². The summed E-state index contributed by atoms with van der Waals surface area (Å²) in [6, 6.07) is 6.75. The Labute approximate surface area is 179 Å². The normalized spacial score (nSPS) is 22.1. The van der Waals surface area contributed by atoms with Crippen molar-refractivity contribution in [2.75, 3.05) is 31.1 Å². The molecule has 0 aliphatic carbocycles. The quantitative estimate of drug-likeness (QED) is 0.739. The molecule has 0 aromatic carbocycles. The number of anilines is 1. The number of ether oxygens (including phenoxy) is 1. The third-order valence-electron chi connectivity index (χ3n) is 6.06. The number of rotatable bonds is 4. The average molecular weight is 434 g/mol. The van der Waals surface area contributed by atoms with Gasteiger partial charge >= 0.3 is 6.18 Å². The number of likely N-dealkylation sites (tertiary alicyclic amines) is 1. The summed E-state index contributed by atoms with van der Waals surface area (Å²) in [6.45, 7) is 4.06. The Morgan fingerprint density at radius 3 is 2.65 bits per heavy atom. The van der Waals surface area contributed by atoms with Crippen molar-refractivity contribution in [2.45, 2.75) is 44.1 Å². The number of aromatic nitrogens is 2. The van der Waals surface area contributed by atoms with Gasteiger partial charge in [0.2, 0.25) is 0 Å². The fourth-order valence-electron chi connectivity index (χ4n) is 4.37. The van der Waals surface area contributed by atoms with Crippen molar-refractivity contribution < 1.29 is 22.7 Å². The average Bonchev–Trinajstić information content (AvgIpc) is 2.76. The maximum atomic E-state index is 13.5. The number of morpholine rings is 1. The molecule has 0 saturated carbocycles. The Balaban J connectivity index is 1.47. The highest BCUT2D eigenvalue weighted by Gasteiger charge is 2.47. The molecule has 2 aliphatic heterocycles. The third-order valence-corrected chi connectivity index (χ3v) is 6.06. The highest BCUT2D eigenvalue weighted by Crippen LogP contribution is 2.40. The zero-order valence-electron chi connectivity index (χ0n) is 17.3. The van der Waals surface area contributed by atoms with Gasteiger partial charge in [0, 0.05) is 44.1 Å². The van der Waals surface area contributed by atoms with E-state index in [1.54, 1.807) is 13.1 Å². The van der Waals surface area contributed by atoms with Gasteiger partial charge in [-0.2, -0.15) is 13.2 Å². The molecule has 6 nitrogen and oxygen atoms in total. The molecule has 4 heterocycles. The lowest BCUT2D eigenvalue weighted by atomic mass is 9.88. The minimum atomic E-state index is -4.57. The minimum absolute atomic E-state index is 0.0963. The first kappa shape index (κ1) is 21.7. The molecule has 1 spiro atoms. The first-order valence-electron chi connectivity index (χ1n) is 10.4. The van der Waals surface area contributed by atoms with Crippen LogP contribution in [0.2, 0.25) is 0 Å². The molecule has 9 heteroatoms.